The van der Waals surface area contributed by atoms with E-state index < -0.39 is 5.91 Å². The maximum atomic E-state index is 11.0. The molecule has 4 heteroatoms. The summed E-state index contributed by atoms with van der Waals surface area (Å²) in [5.41, 5.74) is 11.5. The van der Waals surface area contributed by atoms with E-state index in [1.807, 2.05) is 0 Å². The lowest BCUT2D eigenvalue weighted by atomic mass is 10.1. The SMILES string of the molecule is CCCCOc1cccc(C(N)=O)c1N. The van der Waals surface area contributed by atoms with Gasteiger partial charge in [-0.05, 0) is 18.6 Å². The number of nitrogen functional groups attached to an aromatic ring is 1. The minimum atomic E-state index is -0.534. The highest BCUT2D eigenvalue weighted by Gasteiger charge is 2.09. The van der Waals surface area contributed by atoms with Crippen molar-refractivity contribution in [3.63, 3.8) is 0 Å². The van der Waals surface area contributed by atoms with E-state index >= 15 is 0 Å². The highest BCUT2D eigenvalue weighted by atomic mass is 16.5. The van der Waals surface area contributed by atoms with Crippen molar-refractivity contribution in [2.75, 3.05) is 12.3 Å². The summed E-state index contributed by atoms with van der Waals surface area (Å²) in [4.78, 5) is 11.0. The van der Waals surface area contributed by atoms with Gasteiger partial charge in [0.1, 0.15) is 5.75 Å². The zero-order valence-corrected chi connectivity index (χ0v) is 8.82. The molecular weight excluding hydrogens is 192 g/mol. The average Bonchev–Trinajstić information content (AvgIpc) is 2.20. The standard InChI is InChI=1S/C11H16N2O2/c1-2-3-7-15-9-6-4-5-8(10(9)12)11(13)14/h4-6H,2-3,7,12H2,1H3,(H2,13,14). The van der Waals surface area contributed by atoms with Gasteiger partial charge in [-0.15, -0.1) is 0 Å². The molecule has 0 aliphatic rings. The van der Waals surface area contributed by atoms with Gasteiger partial charge in [-0.1, -0.05) is 19.4 Å². The van der Waals surface area contributed by atoms with E-state index in [4.69, 9.17) is 16.2 Å². The molecule has 1 rings (SSSR count). The molecule has 0 atom stereocenters. The van der Waals surface area contributed by atoms with Crippen molar-refractivity contribution in [3.05, 3.63) is 23.8 Å². The molecule has 0 bridgehead atoms. The maximum absolute atomic E-state index is 11.0. The summed E-state index contributed by atoms with van der Waals surface area (Å²) in [6.07, 6.45) is 2.01. The smallest absolute Gasteiger partial charge is 0.250 e. The number of hydrogen-bond donors (Lipinski definition) is 2. The minimum Gasteiger partial charge on any atom is -0.491 e. The summed E-state index contributed by atoms with van der Waals surface area (Å²) in [5.74, 6) is -0.00630. The van der Waals surface area contributed by atoms with E-state index in [0.29, 0.717) is 23.6 Å². The monoisotopic (exact) mass is 208 g/mol. The molecule has 1 aromatic carbocycles. The minimum absolute atomic E-state index is 0.309. The van der Waals surface area contributed by atoms with Gasteiger partial charge in [0, 0.05) is 0 Å². The fourth-order valence-electron chi connectivity index (χ4n) is 1.21. The van der Waals surface area contributed by atoms with Gasteiger partial charge in [0.2, 0.25) is 0 Å². The van der Waals surface area contributed by atoms with Gasteiger partial charge in [-0.2, -0.15) is 0 Å². The van der Waals surface area contributed by atoms with Crippen LogP contribution in [0.25, 0.3) is 0 Å². The zero-order valence-electron chi connectivity index (χ0n) is 8.82. The number of hydrogen-bond acceptors (Lipinski definition) is 3. The number of carbonyl (C=O) groups is 1. The number of ether oxygens (including phenoxy) is 1. The van der Waals surface area contributed by atoms with Crippen LogP contribution in [0.2, 0.25) is 0 Å². The second kappa shape index (κ2) is 5.24. The van der Waals surface area contributed by atoms with E-state index in [9.17, 15) is 4.79 Å². The van der Waals surface area contributed by atoms with Crippen molar-refractivity contribution in [3.8, 4) is 5.75 Å². The van der Waals surface area contributed by atoms with Crippen molar-refractivity contribution in [2.24, 2.45) is 5.73 Å². The third kappa shape index (κ3) is 2.87. The molecule has 0 aliphatic carbocycles. The van der Waals surface area contributed by atoms with E-state index in [2.05, 4.69) is 6.92 Å². The van der Waals surface area contributed by atoms with Gasteiger partial charge in [0.25, 0.3) is 5.91 Å². The van der Waals surface area contributed by atoms with E-state index in [1.165, 1.54) is 0 Å². The predicted molar refractivity (Wildman–Crippen MR) is 59.8 cm³/mol. The molecule has 0 heterocycles. The Morgan fingerprint density at radius 3 is 2.80 bits per heavy atom. The van der Waals surface area contributed by atoms with Crippen molar-refractivity contribution < 1.29 is 9.53 Å². The molecule has 0 aromatic heterocycles. The molecule has 15 heavy (non-hydrogen) atoms. The fourth-order valence-corrected chi connectivity index (χ4v) is 1.21. The Hall–Kier alpha value is -1.71. The maximum Gasteiger partial charge on any atom is 0.250 e. The number of amides is 1. The van der Waals surface area contributed by atoms with Crippen LogP contribution >= 0.6 is 0 Å². The zero-order chi connectivity index (χ0) is 11.3. The average molecular weight is 208 g/mol. The van der Waals surface area contributed by atoms with Crippen LogP contribution in [-0.2, 0) is 0 Å². The number of para-hydroxylation sites is 1. The van der Waals surface area contributed by atoms with Gasteiger partial charge >= 0.3 is 0 Å². The van der Waals surface area contributed by atoms with Gasteiger partial charge in [0.05, 0.1) is 17.9 Å². The lowest BCUT2D eigenvalue weighted by Gasteiger charge is -2.10. The second-order valence-corrected chi connectivity index (χ2v) is 3.28. The third-order valence-electron chi connectivity index (χ3n) is 2.09. The molecule has 82 valence electrons. The van der Waals surface area contributed by atoms with Crippen LogP contribution in [0, 0.1) is 0 Å². The van der Waals surface area contributed by atoms with E-state index in [1.54, 1.807) is 18.2 Å². The van der Waals surface area contributed by atoms with Gasteiger partial charge < -0.3 is 16.2 Å². The van der Waals surface area contributed by atoms with E-state index in [0.717, 1.165) is 12.8 Å². The number of nitrogens with two attached hydrogens (primary N) is 2. The Bertz CT molecular complexity index is 350. The summed E-state index contributed by atoms with van der Waals surface area (Å²) in [6.45, 7) is 2.68. The Labute approximate surface area is 89.2 Å². The van der Waals surface area contributed by atoms with Crippen LogP contribution in [0.4, 0.5) is 5.69 Å². The Morgan fingerprint density at radius 1 is 1.47 bits per heavy atom. The lowest BCUT2D eigenvalue weighted by Crippen LogP contribution is -2.14. The molecule has 1 aromatic rings. The number of rotatable bonds is 5. The number of primary amides is 1. The topological polar surface area (TPSA) is 78.3 Å². The number of unbranched alkanes of at least 4 members (excludes halogenated alkanes) is 1. The molecule has 1 amide bonds. The summed E-state index contributed by atoms with van der Waals surface area (Å²) < 4.78 is 5.44. The molecule has 0 fully saturated rings. The van der Waals surface area contributed by atoms with Crippen molar-refractivity contribution in [1.29, 1.82) is 0 Å². The Morgan fingerprint density at radius 2 is 2.20 bits per heavy atom. The lowest BCUT2D eigenvalue weighted by molar-refractivity contribution is 0.100. The summed E-state index contributed by atoms with van der Waals surface area (Å²) in [6, 6.07) is 5.03. The van der Waals surface area contributed by atoms with Gasteiger partial charge in [0.15, 0.2) is 0 Å². The largest absolute Gasteiger partial charge is 0.491 e. The number of carbonyl (C=O) groups excluding carboxylic acids is 1. The molecular formula is C11H16N2O2. The molecule has 0 saturated heterocycles. The predicted octanol–water partition coefficient (Wildman–Crippen LogP) is 1.55. The summed E-state index contributed by atoms with van der Waals surface area (Å²) in [5, 5.41) is 0. The normalized spacial score (nSPS) is 9.93. The first-order chi connectivity index (χ1) is 7.16. The van der Waals surface area contributed by atoms with E-state index in [-0.39, 0.29) is 0 Å². The van der Waals surface area contributed by atoms with Crippen LogP contribution in [0.5, 0.6) is 5.75 Å². The van der Waals surface area contributed by atoms with Gasteiger partial charge in [-0.3, -0.25) is 4.79 Å². The molecule has 0 aliphatic heterocycles. The number of anilines is 1. The van der Waals surface area contributed by atoms with Crippen molar-refractivity contribution in [2.45, 2.75) is 19.8 Å². The first kappa shape index (κ1) is 11.4. The summed E-state index contributed by atoms with van der Waals surface area (Å²) >= 11 is 0. The highest BCUT2D eigenvalue weighted by molar-refractivity contribution is 5.99. The van der Waals surface area contributed by atoms with Crippen LogP contribution < -0.4 is 16.2 Å². The molecule has 4 N–H and O–H groups in total. The fraction of sp³-hybridized carbons (Fsp3) is 0.364. The highest BCUT2D eigenvalue weighted by Crippen LogP contribution is 2.24. The number of benzene rings is 1. The third-order valence-corrected chi connectivity index (χ3v) is 2.09. The molecule has 0 radical (unpaired) electrons. The van der Waals surface area contributed by atoms with Crippen molar-refractivity contribution >= 4 is 11.6 Å². The van der Waals surface area contributed by atoms with Crippen LogP contribution in [0.1, 0.15) is 30.1 Å². The van der Waals surface area contributed by atoms with Crippen LogP contribution in [-0.4, -0.2) is 12.5 Å². The first-order valence-corrected chi connectivity index (χ1v) is 4.98. The Balaban J connectivity index is 2.80. The van der Waals surface area contributed by atoms with Crippen LogP contribution in [0.15, 0.2) is 18.2 Å². The molecule has 0 spiro atoms. The molecule has 0 saturated carbocycles. The van der Waals surface area contributed by atoms with Gasteiger partial charge in [-0.25, -0.2) is 0 Å². The van der Waals surface area contributed by atoms with Crippen molar-refractivity contribution in [1.82, 2.24) is 0 Å². The molecule has 4 nitrogen and oxygen atoms in total. The second-order valence-electron chi connectivity index (χ2n) is 3.28. The first-order valence-electron chi connectivity index (χ1n) is 4.98. The quantitative estimate of drug-likeness (QED) is 0.569. The molecule has 0 unspecified atom stereocenters. The Kier molecular flexibility index (Phi) is 3.97. The summed E-state index contributed by atoms with van der Waals surface area (Å²) in [7, 11) is 0. The van der Waals surface area contributed by atoms with Crippen LogP contribution in [0.3, 0.4) is 0 Å².